The molecule has 0 unspecified atom stereocenters. The van der Waals surface area contributed by atoms with Gasteiger partial charge in [-0.2, -0.15) is 0 Å². The Hall–Kier alpha value is -4.35. The van der Waals surface area contributed by atoms with Crippen molar-refractivity contribution < 1.29 is 38.5 Å². The molecule has 11 heteroatoms. The molecule has 42 heavy (non-hydrogen) atoms. The van der Waals surface area contributed by atoms with Gasteiger partial charge < -0.3 is 43.4 Å². The van der Waals surface area contributed by atoms with Gasteiger partial charge in [-0.15, -0.1) is 0 Å². The predicted octanol–water partition coefficient (Wildman–Crippen LogP) is 4.86. The molecule has 2 aromatic carbocycles. The summed E-state index contributed by atoms with van der Waals surface area (Å²) in [4.78, 5) is 6.09. The van der Waals surface area contributed by atoms with E-state index in [1.54, 1.807) is 31.3 Å². The summed E-state index contributed by atoms with van der Waals surface area (Å²) in [5.74, 6) is -0.0733. The van der Waals surface area contributed by atoms with Gasteiger partial charge in [-0.1, -0.05) is 30.3 Å². The summed E-state index contributed by atoms with van der Waals surface area (Å²) in [6.07, 6.45) is 2.52. The Morgan fingerprint density at radius 3 is 2.31 bits per heavy atom. The predicted molar refractivity (Wildman–Crippen MR) is 157 cm³/mol. The number of nitrogens with zero attached hydrogens (tertiary/aromatic N) is 2. The minimum absolute atomic E-state index is 0.127. The van der Waals surface area contributed by atoms with E-state index in [1.165, 1.54) is 17.3 Å². The lowest BCUT2D eigenvalue weighted by atomic mass is 9.79. The second kappa shape index (κ2) is 12.3. The van der Waals surface area contributed by atoms with Crippen molar-refractivity contribution in [3.05, 3.63) is 95.7 Å². The molecular formula is C31H35BN2O8. The first-order valence-corrected chi connectivity index (χ1v) is 13.7. The number of aliphatic hydroxyl groups is 2. The first-order chi connectivity index (χ1) is 20.1. The van der Waals surface area contributed by atoms with Crippen molar-refractivity contribution in [2.75, 3.05) is 20.3 Å². The number of aliphatic hydroxyl groups excluding tert-OH is 2. The molecule has 0 radical (unpaired) electrons. The van der Waals surface area contributed by atoms with E-state index in [-0.39, 0.29) is 18.0 Å². The number of ether oxygens (including phenoxy) is 4. The number of pyridine rings is 1. The van der Waals surface area contributed by atoms with Gasteiger partial charge in [-0.25, -0.2) is 4.98 Å². The van der Waals surface area contributed by atoms with Crippen molar-refractivity contribution in [3.63, 3.8) is 0 Å². The van der Waals surface area contributed by atoms with Gasteiger partial charge in [0.15, 0.2) is 5.79 Å². The smallest absolute Gasteiger partial charge is 0.494 e. The summed E-state index contributed by atoms with van der Waals surface area (Å²) in [6, 6.07) is 17.1. The first-order valence-electron chi connectivity index (χ1n) is 13.7. The second-order valence-corrected chi connectivity index (χ2v) is 10.7. The largest absolute Gasteiger partial charge is 0.636 e. The van der Waals surface area contributed by atoms with Crippen LogP contribution in [0.15, 0.2) is 78.9 Å². The highest BCUT2D eigenvalue weighted by Crippen LogP contribution is 2.30. The number of rotatable bonds is 8. The molecule has 1 fully saturated rings. The first kappa shape index (κ1) is 29.2. The third kappa shape index (κ3) is 7.10. The lowest BCUT2D eigenvalue weighted by Gasteiger charge is -2.20. The molecule has 3 aromatic rings. The third-order valence-electron chi connectivity index (χ3n) is 6.91. The molecule has 2 aliphatic heterocycles. The van der Waals surface area contributed by atoms with E-state index in [4.69, 9.17) is 28.3 Å². The molecule has 0 saturated carbocycles. The summed E-state index contributed by atoms with van der Waals surface area (Å²) in [7, 11) is 0.599. The fourth-order valence-electron chi connectivity index (χ4n) is 4.77. The van der Waals surface area contributed by atoms with Crippen molar-refractivity contribution in [1.82, 2.24) is 9.88 Å². The van der Waals surface area contributed by atoms with Crippen LogP contribution in [0.4, 0.5) is 0 Å². The molecule has 0 bridgehead atoms. The van der Waals surface area contributed by atoms with Crippen molar-refractivity contribution in [2.45, 2.75) is 46.2 Å². The van der Waals surface area contributed by atoms with Crippen molar-refractivity contribution >= 4 is 12.6 Å². The van der Waals surface area contributed by atoms with Crippen LogP contribution in [0.2, 0.25) is 0 Å². The van der Waals surface area contributed by atoms with E-state index in [0.29, 0.717) is 36.9 Å². The summed E-state index contributed by atoms with van der Waals surface area (Å²) >= 11 is 0. The van der Waals surface area contributed by atoms with Gasteiger partial charge in [0.05, 0.1) is 19.0 Å². The van der Waals surface area contributed by atoms with Gasteiger partial charge in [0.2, 0.25) is 5.88 Å². The number of aryl methyl sites for hydroxylation is 1. The molecule has 10 nitrogen and oxygen atoms in total. The minimum atomic E-state index is -1.02. The fourth-order valence-corrected chi connectivity index (χ4v) is 4.77. The zero-order valence-electron chi connectivity index (χ0n) is 24.4. The molecule has 1 saturated heterocycles. The van der Waals surface area contributed by atoms with Crippen molar-refractivity contribution in [3.8, 4) is 22.8 Å². The van der Waals surface area contributed by atoms with E-state index < -0.39 is 12.9 Å². The van der Waals surface area contributed by atoms with E-state index in [2.05, 4.69) is 18.0 Å². The monoisotopic (exact) mass is 574 g/mol. The standard InChI is InChI=1S/C31H35BN2O8/c1-20-22(17-37-24-11-9-23(10-12-24)32-41-29(35)15-34(5)16-30(36)42-32)7-6-8-26(20)27-13-14-28(33-21(27)2)38-18-25-19-39-31(3,4)40-25/h6-16,25,35-36H,17-19H2,1-5H3/b29-15-,30-16?/t25-/m1/s1. The number of hydrogen-bond acceptors (Lipinski definition) is 10. The Morgan fingerprint density at radius 1 is 0.952 bits per heavy atom. The Labute approximate surface area is 245 Å². The molecule has 1 atom stereocenters. The molecule has 2 aliphatic rings. The summed E-state index contributed by atoms with van der Waals surface area (Å²) in [6.45, 7) is 9.05. The fraction of sp³-hybridized carbons (Fsp3) is 0.323. The van der Waals surface area contributed by atoms with Gasteiger partial charge in [0.1, 0.15) is 25.1 Å². The third-order valence-corrected chi connectivity index (χ3v) is 6.91. The van der Waals surface area contributed by atoms with Crippen LogP contribution in [-0.2, 0) is 25.4 Å². The Morgan fingerprint density at radius 2 is 1.67 bits per heavy atom. The molecule has 1 aromatic heterocycles. The van der Waals surface area contributed by atoms with Crippen LogP contribution in [0.1, 0.15) is 30.7 Å². The molecule has 2 N–H and O–H groups in total. The average Bonchev–Trinajstić information content (AvgIpc) is 3.29. The minimum Gasteiger partial charge on any atom is -0.494 e. The normalized spacial score (nSPS) is 19.5. The summed E-state index contributed by atoms with van der Waals surface area (Å²) < 4.78 is 34.2. The van der Waals surface area contributed by atoms with Gasteiger partial charge >= 0.3 is 7.12 Å². The molecule has 220 valence electrons. The zero-order valence-corrected chi connectivity index (χ0v) is 24.4. The van der Waals surface area contributed by atoms with Gasteiger partial charge in [-0.05, 0) is 62.6 Å². The highest BCUT2D eigenvalue weighted by molar-refractivity contribution is 6.61. The molecule has 0 amide bonds. The Balaban J connectivity index is 1.22. The van der Waals surface area contributed by atoms with Crippen LogP contribution in [0.25, 0.3) is 11.1 Å². The lowest BCUT2D eigenvalue weighted by Crippen LogP contribution is -2.37. The van der Waals surface area contributed by atoms with Crippen LogP contribution >= 0.6 is 0 Å². The molecule has 5 rings (SSSR count). The zero-order chi connectivity index (χ0) is 29.9. The van der Waals surface area contributed by atoms with E-state index in [0.717, 1.165) is 27.9 Å². The SMILES string of the molecule is Cc1nc(OC[C@@H]2COC(C)(C)O2)ccc1-c1cccc(COc2ccc(B3OC(O)=CN(C)/C=C(/O)O3)cc2)c1C. The Bertz CT molecular complexity index is 1450. The number of aromatic nitrogens is 1. The van der Waals surface area contributed by atoms with Crippen LogP contribution in [0, 0.1) is 13.8 Å². The second-order valence-electron chi connectivity index (χ2n) is 10.7. The van der Waals surface area contributed by atoms with Gasteiger partial charge in [-0.3, -0.25) is 0 Å². The van der Waals surface area contributed by atoms with Gasteiger partial charge in [0.25, 0.3) is 11.9 Å². The highest BCUT2D eigenvalue weighted by Gasteiger charge is 2.33. The Kier molecular flexibility index (Phi) is 8.51. The maximum absolute atomic E-state index is 9.97. The quantitative estimate of drug-likeness (QED) is 0.362. The van der Waals surface area contributed by atoms with Crippen molar-refractivity contribution in [2.24, 2.45) is 0 Å². The average molecular weight is 574 g/mol. The topological polar surface area (TPSA) is 112 Å². The van der Waals surface area contributed by atoms with Crippen LogP contribution in [0.3, 0.4) is 0 Å². The van der Waals surface area contributed by atoms with Crippen LogP contribution < -0.4 is 14.9 Å². The summed E-state index contributed by atoms with van der Waals surface area (Å²) in [5.41, 5.74) is 5.68. The van der Waals surface area contributed by atoms with E-state index >= 15 is 0 Å². The van der Waals surface area contributed by atoms with Crippen LogP contribution in [0.5, 0.6) is 11.6 Å². The molecule has 3 heterocycles. The van der Waals surface area contributed by atoms with E-state index in [1.807, 2.05) is 45.0 Å². The lowest BCUT2D eigenvalue weighted by molar-refractivity contribution is -0.141. The maximum atomic E-state index is 9.97. The summed E-state index contributed by atoms with van der Waals surface area (Å²) in [5, 5.41) is 19.9. The number of hydrogen-bond donors (Lipinski definition) is 2. The van der Waals surface area contributed by atoms with Gasteiger partial charge in [0, 0.05) is 29.8 Å². The molecular weight excluding hydrogens is 539 g/mol. The van der Waals surface area contributed by atoms with E-state index in [9.17, 15) is 10.2 Å². The van der Waals surface area contributed by atoms with Crippen molar-refractivity contribution in [1.29, 1.82) is 0 Å². The molecule has 0 aliphatic carbocycles. The molecule has 0 spiro atoms. The highest BCUT2D eigenvalue weighted by atomic mass is 16.7. The van der Waals surface area contributed by atoms with Crippen LogP contribution in [-0.4, -0.2) is 59.4 Å². The number of benzene rings is 2. The maximum Gasteiger partial charge on any atom is 0.636 e.